The van der Waals surface area contributed by atoms with E-state index >= 15 is 0 Å². The molecule has 15 heavy (non-hydrogen) atoms. The second-order valence-corrected chi connectivity index (χ2v) is 3.78. The minimum Gasteiger partial charge on any atom is -0.368 e. The third-order valence-corrected chi connectivity index (χ3v) is 2.62. The van der Waals surface area contributed by atoms with E-state index in [2.05, 4.69) is 9.97 Å². The van der Waals surface area contributed by atoms with E-state index in [9.17, 15) is 4.79 Å². The molecule has 0 bridgehead atoms. The lowest BCUT2D eigenvalue weighted by Gasteiger charge is -2.07. The molecule has 0 aromatic carbocycles. The molecule has 0 radical (unpaired) electrons. The number of pyridine rings is 1. The summed E-state index contributed by atoms with van der Waals surface area (Å²) in [5.41, 5.74) is 6.12. The van der Waals surface area contributed by atoms with Crippen molar-refractivity contribution in [2.75, 3.05) is 5.73 Å². The summed E-state index contributed by atoms with van der Waals surface area (Å²) < 4.78 is 2.01. The quantitative estimate of drug-likeness (QED) is 0.739. The van der Waals surface area contributed by atoms with Gasteiger partial charge in [-0.05, 0) is 12.8 Å². The van der Waals surface area contributed by atoms with E-state index in [-0.39, 0.29) is 11.4 Å². The van der Waals surface area contributed by atoms with Gasteiger partial charge in [-0.3, -0.25) is 4.79 Å². The van der Waals surface area contributed by atoms with Crippen LogP contribution in [0.25, 0.3) is 11.0 Å². The molecule has 5 heteroatoms. The Bertz CT molecular complexity index is 585. The van der Waals surface area contributed by atoms with E-state index in [1.165, 1.54) is 6.20 Å². The molecule has 2 heterocycles. The Balaban J connectivity index is 2.41. The maximum absolute atomic E-state index is 11.6. The molecule has 0 atom stereocenters. The monoisotopic (exact) mass is 202 g/mol. The second-order valence-electron chi connectivity index (χ2n) is 3.78. The first-order valence-corrected chi connectivity index (χ1v) is 4.89. The molecule has 2 aromatic rings. The topological polar surface area (TPSA) is 73.8 Å². The highest BCUT2D eigenvalue weighted by atomic mass is 16.1. The molecule has 5 nitrogen and oxygen atoms in total. The van der Waals surface area contributed by atoms with Gasteiger partial charge in [0.2, 0.25) is 5.95 Å². The molecule has 2 aromatic heterocycles. The molecule has 1 aliphatic carbocycles. The van der Waals surface area contributed by atoms with Crippen molar-refractivity contribution in [1.82, 2.24) is 14.5 Å². The number of aromatic nitrogens is 3. The lowest BCUT2D eigenvalue weighted by Crippen LogP contribution is -2.10. The van der Waals surface area contributed by atoms with Gasteiger partial charge in [0.25, 0.3) is 0 Å². The predicted molar refractivity (Wildman–Crippen MR) is 56.5 cm³/mol. The van der Waals surface area contributed by atoms with E-state index in [4.69, 9.17) is 5.73 Å². The van der Waals surface area contributed by atoms with Crippen LogP contribution in [0.3, 0.4) is 0 Å². The average Bonchev–Trinajstić information content (AvgIpc) is 3.02. The Morgan fingerprint density at radius 1 is 1.47 bits per heavy atom. The number of nitrogen functional groups attached to an aromatic ring is 1. The molecule has 0 unspecified atom stereocenters. The Hall–Kier alpha value is -1.91. The third-order valence-electron chi connectivity index (χ3n) is 2.62. The number of anilines is 1. The van der Waals surface area contributed by atoms with Gasteiger partial charge in [-0.15, -0.1) is 0 Å². The SMILES string of the molecule is Nc1ncc2c(=O)ccn(C3CC3)c2n1. The fourth-order valence-electron chi connectivity index (χ4n) is 1.71. The predicted octanol–water partition coefficient (Wildman–Crippen LogP) is 0.709. The molecular formula is C10H10N4O. The van der Waals surface area contributed by atoms with E-state index < -0.39 is 0 Å². The zero-order valence-corrected chi connectivity index (χ0v) is 8.05. The van der Waals surface area contributed by atoms with Gasteiger partial charge in [0.05, 0.1) is 5.39 Å². The maximum Gasteiger partial charge on any atom is 0.221 e. The van der Waals surface area contributed by atoms with Crippen LogP contribution in [-0.4, -0.2) is 14.5 Å². The van der Waals surface area contributed by atoms with Gasteiger partial charge in [-0.2, -0.15) is 4.98 Å². The molecule has 1 saturated carbocycles. The summed E-state index contributed by atoms with van der Waals surface area (Å²) in [5, 5.41) is 0.540. The molecule has 76 valence electrons. The fraction of sp³-hybridized carbons (Fsp3) is 0.300. The zero-order chi connectivity index (χ0) is 10.4. The summed E-state index contributed by atoms with van der Waals surface area (Å²) in [5.74, 6) is 0.211. The summed E-state index contributed by atoms with van der Waals surface area (Å²) in [7, 11) is 0. The molecule has 1 aliphatic rings. The van der Waals surface area contributed by atoms with Crippen LogP contribution in [0.5, 0.6) is 0 Å². The normalized spacial score (nSPS) is 15.7. The molecular weight excluding hydrogens is 192 g/mol. The van der Waals surface area contributed by atoms with Crippen molar-refractivity contribution in [3.63, 3.8) is 0 Å². The first kappa shape index (κ1) is 8.40. The van der Waals surface area contributed by atoms with Crippen molar-refractivity contribution in [3.05, 3.63) is 28.7 Å². The van der Waals surface area contributed by atoms with Gasteiger partial charge in [-0.25, -0.2) is 4.98 Å². The van der Waals surface area contributed by atoms with Gasteiger partial charge in [0, 0.05) is 24.5 Å². The van der Waals surface area contributed by atoms with Gasteiger partial charge >= 0.3 is 0 Å². The summed E-state index contributed by atoms with van der Waals surface area (Å²) in [6, 6.07) is 2.03. The van der Waals surface area contributed by atoms with Crippen LogP contribution in [0, 0.1) is 0 Å². The lowest BCUT2D eigenvalue weighted by molar-refractivity contribution is 0.755. The van der Waals surface area contributed by atoms with Crippen LogP contribution >= 0.6 is 0 Å². The highest BCUT2D eigenvalue weighted by Crippen LogP contribution is 2.35. The van der Waals surface area contributed by atoms with Crippen LogP contribution in [0.4, 0.5) is 5.95 Å². The number of nitrogens with zero attached hydrogens (tertiary/aromatic N) is 3. The van der Waals surface area contributed by atoms with Gasteiger partial charge in [0.1, 0.15) is 5.65 Å². The first-order valence-electron chi connectivity index (χ1n) is 4.89. The fourth-order valence-corrected chi connectivity index (χ4v) is 1.71. The molecule has 0 amide bonds. The summed E-state index contributed by atoms with van der Waals surface area (Å²) in [6.45, 7) is 0. The smallest absolute Gasteiger partial charge is 0.221 e. The van der Waals surface area contributed by atoms with Gasteiger partial charge in [-0.1, -0.05) is 0 Å². The average molecular weight is 202 g/mol. The highest BCUT2D eigenvalue weighted by molar-refractivity contribution is 5.74. The lowest BCUT2D eigenvalue weighted by atomic mass is 10.3. The van der Waals surface area contributed by atoms with E-state index in [0.29, 0.717) is 17.1 Å². The number of fused-ring (bicyclic) bond motifs is 1. The Morgan fingerprint density at radius 2 is 2.27 bits per heavy atom. The van der Waals surface area contributed by atoms with Crippen LogP contribution in [-0.2, 0) is 0 Å². The van der Waals surface area contributed by atoms with Crippen LogP contribution in [0.15, 0.2) is 23.3 Å². The zero-order valence-electron chi connectivity index (χ0n) is 8.05. The molecule has 0 aliphatic heterocycles. The third kappa shape index (κ3) is 1.27. The van der Waals surface area contributed by atoms with E-state index in [1.807, 2.05) is 4.57 Å². The standard InChI is InChI=1S/C10H10N4O/c11-10-12-5-7-8(15)3-4-14(6-1-2-6)9(7)13-10/h3-6H,1-2H2,(H2,11,12,13). The molecule has 2 N–H and O–H groups in total. The Kier molecular flexibility index (Phi) is 1.56. The maximum atomic E-state index is 11.6. The molecule has 0 saturated heterocycles. The summed E-state index contributed by atoms with van der Waals surface area (Å²) in [6.07, 6.45) is 5.57. The Labute approximate surface area is 85.6 Å². The number of hydrogen-bond donors (Lipinski definition) is 1. The number of rotatable bonds is 1. The van der Waals surface area contributed by atoms with E-state index in [0.717, 1.165) is 12.8 Å². The van der Waals surface area contributed by atoms with Crippen molar-refractivity contribution in [2.45, 2.75) is 18.9 Å². The molecule has 3 rings (SSSR count). The van der Waals surface area contributed by atoms with Gasteiger partial charge in [0.15, 0.2) is 5.43 Å². The largest absolute Gasteiger partial charge is 0.368 e. The Morgan fingerprint density at radius 3 is 3.00 bits per heavy atom. The molecule has 0 spiro atoms. The first-order chi connectivity index (χ1) is 7.25. The summed E-state index contributed by atoms with van der Waals surface area (Å²) >= 11 is 0. The van der Waals surface area contributed by atoms with Crippen molar-refractivity contribution >= 4 is 17.0 Å². The minimum absolute atomic E-state index is 0.0538. The summed E-state index contributed by atoms with van der Waals surface area (Å²) in [4.78, 5) is 19.5. The van der Waals surface area contributed by atoms with Crippen LogP contribution in [0.2, 0.25) is 0 Å². The number of hydrogen-bond acceptors (Lipinski definition) is 4. The highest BCUT2D eigenvalue weighted by Gasteiger charge is 2.24. The van der Waals surface area contributed by atoms with Gasteiger partial charge < -0.3 is 10.3 Å². The van der Waals surface area contributed by atoms with Crippen LogP contribution in [0.1, 0.15) is 18.9 Å². The van der Waals surface area contributed by atoms with Crippen molar-refractivity contribution in [2.24, 2.45) is 0 Å². The molecule has 1 fully saturated rings. The van der Waals surface area contributed by atoms with Crippen molar-refractivity contribution in [3.8, 4) is 0 Å². The minimum atomic E-state index is -0.0538. The second kappa shape index (κ2) is 2.79. The van der Waals surface area contributed by atoms with Crippen molar-refractivity contribution in [1.29, 1.82) is 0 Å². The number of nitrogens with two attached hydrogens (primary N) is 1. The van der Waals surface area contributed by atoms with Crippen LogP contribution < -0.4 is 11.2 Å². The van der Waals surface area contributed by atoms with Crippen molar-refractivity contribution < 1.29 is 0 Å². The van der Waals surface area contributed by atoms with E-state index in [1.54, 1.807) is 12.3 Å².